The number of rotatable bonds is 5. The second-order valence-corrected chi connectivity index (χ2v) is 7.13. The Morgan fingerprint density at radius 3 is 2.80 bits per heavy atom. The van der Waals surface area contributed by atoms with Gasteiger partial charge in [-0.15, -0.1) is 0 Å². The van der Waals surface area contributed by atoms with Crippen molar-refractivity contribution < 1.29 is 27.4 Å². The molecule has 0 radical (unpaired) electrons. The van der Waals surface area contributed by atoms with Crippen molar-refractivity contribution in [2.75, 3.05) is 12.9 Å². The lowest BCUT2D eigenvalue weighted by atomic mass is 10.3. The number of ether oxygens (including phenoxy) is 1. The van der Waals surface area contributed by atoms with Crippen LogP contribution in [0.2, 0.25) is 0 Å². The molecule has 1 atom stereocenters. The molecule has 110 valence electrons. The van der Waals surface area contributed by atoms with Gasteiger partial charge < -0.3 is 14.4 Å². The van der Waals surface area contributed by atoms with Gasteiger partial charge >= 0.3 is 0 Å². The van der Waals surface area contributed by atoms with Crippen LogP contribution in [0.1, 0.15) is 5.01 Å². The van der Waals surface area contributed by atoms with Crippen LogP contribution in [-0.4, -0.2) is 37.0 Å². The number of hydrogen-bond donors (Lipinski definition) is 1. The van der Waals surface area contributed by atoms with E-state index in [2.05, 4.69) is 0 Å². The molecule has 0 aliphatic heterocycles. The fourth-order valence-electron chi connectivity index (χ4n) is 2.03. The molecule has 0 spiro atoms. The Balaban J connectivity index is 2.35. The van der Waals surface area contributed by atoms with E-state index in [0.29, 0.717) is 5.75 Å². The molecule has 2 rings (SSSR count). The number of aliphatic hydroxyl groups excluding tert-OH is 1. The van der Waals surface area contributed by atoms with Crippen LogP contribution in [0.3, 0.4) is 0 Å². The first-order chi connectivity index (χ1) is 9.30. The Morgan fingerprint density at radius 2 is 2.20 bits per heavy atom. The summed E-state index contributed by atoms with van der Waals surface area (Å²) < 4.78 is 40.0. The number of aromatic nitrogens is 1. The van der Waals surface area contributed by atoms with E-state index in [4.69, 9.17) is 4.74 Å². The summed E-state index contributed by atoms with van der Waals surface area (Å²) in [7, 11) is -2.88. The molecule has 20 heavy (non-hydrogen) atoms. The normalized spacial score (nSPS) is 13.6. The molecule has 0 amide bonds. The van der Waals surface area contributed by atoms with Crippen molar-refractivity contribution in [1.82, 2.24) is 0 Å². The van der Waals surface area contributed by atoms with Crippen LogP contribution in [0.4, 0.5) is 0 Å². The number of nitrogens with zero attached hydrogens (tertiary/aromatic N) is 1. The van der Waals surface area contributed by atoms with Gasteiger partial charge in [-0.05, 0) is 12.1 Å². The van der Waals surface area contributed by atoms with Crippen molar-refractivity contribution in [1.29, 1.82) is 0 Å². The third kappa shape index (κ3) is 3.45. The Kier molecular flexibility index (Phi) is 4.28. The first-order valence-electron chi connectivity index (χ1n) is 5.89. The summed E-state index contributed by atoms with van der Waals surface area (Å²) in [4.78, 5) is 0. The van der Waals surface area contributed by atoms with Crippen LogP contribution < -0.4 is 9.30 Å². The maximum Gasteiger partial charge on any atom is 0.235 e. The summed E-state index contributed by atoms with van der Waals surface area (Å²) in [6, 6.07) is 5.55. The molecule has 1 aromatic heterocycles. The highest BCUT2D eigenvalue weighted by Gasteiger charge is 2.22. The zero-order chi connectivity index (χ0) is 14.9. The second kappa shape index (κ2) is 5.65. The van der Waals surface area contributed by atoms with E-state index in [0.717, 1.165) is 15.2 Å². The Labute approximate surface area is 121 Å². The van der Waals surface area contributed by atoms with E-state index in [-0.39, 0.29) is 6.54 Å². The van der Waals surface area contributed by atoms with Crippen molar-refractivity contribution in [2.24, 2.45) is 0 Å². The maximum absolute atomic E-state index is 10.7. The molecule has 0 fully saturated rings. The predicted octanol–water partition coefficient (Wildman–Crippen LogP) is 0.412. The number of fused-ring (bicyclic) bond motifs is 1. The predicted molar refractivity (Wildman–Crippen MR) is 73.9 cm³/mol. The van der Waals surface area contributed by atoms with Gasteiger partial charge in [0, 0.05) is 6.92 Å². The monoisotopic (exact) mass is 317 g/mol. The molecule has 0 aliphatic carbocycles. The first kappa shape index (κ1) is 15.2. The van der Waals surface area contributed by atoms with Crippen LogP contribution in [0.15, 0.2) is 18.2 Å². The van der Waals surface area contributed by atoms with E-state index in [1.165, 1.54) is 11.3 Å². The van der Waals surface area contributed by atoms with E-state index >= 15 is 0 Å². The summed E-state index contributed by atoms with van der Waals surface area (Å²) in [5.41, 5.74) is 0.842. The largest absolute Gasteiger partial charge is 0.748 e. The number of aryl methyl sites for hydroxylation is 1. The van der Waals surface area contributed by atoms with E-state index < -0.39 is 22.0 Å². The van der Waals surface area contributed by atoms with Gasteiger partial charge in [0.15, 0.2) is 6.54 Å². The van der Waals surface area contributed by atoms with Crippen LogP contribution in [0.25, 0.3) is 10.2 Å². The van der Waals surface area contributed by atoms with Gasteiger partial charge in [-0.1, -0.05) is 11.3 Å². The highest BCUT2D eigenvalue weighted by molar-refractivity contribution is 7.85. The molecule has 1 heterocycles. The molecular weight excluding hydrogens is 302 g/mol. The highest BCUT2D eigenvalue weighted by Crippen LogP contribution is 2.24. The minimum atomic E-state index is -4.44. The summed E-state index contributed by atoms with van der Waals surface area (Å²) in [5.74, 6) is -0.115. The zero-order valence-electron chi connectivity index (χ0n) is 11.1. The van der Waals surface area contributed by atoms with Crippen molar-refractivity contribution in [3.05, 3.63) is 23.2 Å². The molecule has 8 heteroatoms. The number of hydrogen-bond acceptors (Lipinski definition) is 6. The van der Waals surface area contributed by atoms with Gasteiger partial charge in [0.1, 0.15) is 16.6 Å². The van der Waals surface area contributed by atoms with Gasteiger partial charge in [0.2, 0.25) is 10.5 Å². The lowest BCUT2D eigenvalue weighted by molar-refractivity contribution is -0.679. The minimum absolute atomic E-state index is 0.0560. The average Bonchev–Trinajstić information content (AvgIpc) is 2.63. The summed E-state index contributed by atoms with van der Waals surface area (Å²) in [6.07, 6.45) is -1.23. The molecule has 0 unspecified atom stereocenters. The van der Waals surface area contributed by atoms with Gasteiger partial charge in [-0.2, -0.15) is 4.57 Å². The Hall–Kier alpha value is -1.22. The van der Waals surface area contributed by atoms with Crippen LogP contribution in [-0.2, 0) is 16.7 Å². The quantitative estimate of drug-likeness (QED) is 0.637. The molecule has 0 bridgehead atoms. The van der Waals surface area contributed by atoms with Crippen molar-refractivity contribution in [3.8, 4) is 5.75 Å². The van der Waals surface area contributed by atoms with Gasteiger partial charge in [0.05, 0.1) is 29.0 Å². The fourth-order valence-corrected chi connectivity index (χ4v) is 3.62. The molecular formula is C12H15NO5S2. The van der Waals surface area contributed by atoms with Crippen LogP contribution >= 0.6 is 11.3 Å². The Morgan fingerprint density at radius 1 is 1.50 bits per heavy atom. The van der Waals surface area contributed by atoms with Gasteiger partial charge in [-0.25, -0.2) is 8.42 Å². The topological polar surface area (TPSA) is 90.5 Å². The van der Waals surface area contributed by atoms with Crippen molar-refractivity contribution in [2.45, 2.75) is 19.6 Å². The van der Waals surface area contributed by atoms with Gasteiger partial charge in [0.25, 0.3) is 0 Å². The van der Waals surface area contributed by atoms with Crippen LogP contribution in [0.5, 0.6) is 5.75 Å². The molecule has 0 saturated carbocycles. The minimum Gasteiger partial charge on any atom is -0.748 e. The summed E-state index contributed by atoms with van der Waals surface area (Å²) in [5, 5.41) is 10.7. The smallest absolute Gasteiger partial charge is 0.235 e. The lowest BCUT2D eigenvalue weighted by Gasteiger charge is -2.10. The van der Waals surface area contributed by atoms with Gasteiger partial charge in [-0.3, -0.25) is 0 Å². The standard InChI is InChI=1S/C12H15NO5S2/c1-8-13(6-9(14)7-20(15,16)17)11-5-10(18-2)3-4-12(11)19-8/h3-5,9,14H,6-7H2,1-2H3/t9-/m1/s1. The number of methoxy groups -OCH3 is 1. The lowest BCUT2D eigenvalue weighted by Crippen LogP contribution is -2.43. The molecule has 0 saturated heterocycles. The highest BCUT2D eigenvalue weighted by atomic mass is 32.2. The molecule has 1 aromatic carbocycles. The number of thiazole rings is 1. The number of benzene rings is 1. The number of aliphatic hydroxyl groups is 1. The molecule has 6 nitrogen and oxygen atoms in total. The van der Waals surface area contributed by atoms with Crippen molar-refractivity contribution in [3.63, 3.8) is 0 Å². The van der Waals surface area contributed by atoms with E-state index in [9.17, 15) is 18.1 Å². The summed E-state index contributed by atoms with van der Waals surface area (Å²) in [6.45, 7) is 1.93. The molecule has 1 N–H and O–H groups in total. The average molecular weight is 317 g/mol. The maximum atomic E-state index is 10.7. The third-order valence-electron chi connectivity index (χ3n) is 2.88. The Bertz CT molecular complexity index is 723. The van der Waals surface area contributed by atoms with Crippen molar-refractivity contribution >= 4 is 31.7 Å². The third-order valence-corrected chi connectivity index (χ3v) is 4.76. The SMILES string of the molecule is COc1ccc2sc(C)[n+](C[C@@H](O)CS(=O)(=O)[O-])c2c1. The fraction of sp³-hybridized carbons (Fsp3) is 0.417. The van der Waals surface area contributed by atoms with E-state index in [1.54, 1.807) is 11.7 Å². The first-order valence-corrected chi connectivity index (χ1v) is 8.28. The molecule has 2 aromatic rings. The van der Waals surface area contributed by atoms with Crippen LogP contribution in [0, 0.1) is 6.92 Å². The zero-order valence-corrected chi connectivity index (χ0v) is 12.7. The van der Waals surface area contributed by atoms with E-state index in [1.807, 2.05) is 25.1 Å². The second-order valence-electron chi connectivity index (χ2n) is 4.44. The summed E-state index contributed by atoms with van der Waals surface area (Å²) >= 11 is 1.53. The molecule has 0 aliphatic rings.